The van der Waals surface area contributed by atoms with Gasteiger partial charge in [0.05, 0.1) is 11.1 Å². The van der Waals surface area contributed by atoms with Crippen molar-refractivity contribution in [3.63, 3.8) is 0 Å². The molecule has 1 rings (SSSR count). The van der Waals surface area contributed by atoms with Crippen LogP contribution in [0.3, 0.4) is 0 Å². The molecule has 82 valence electrons. The van der Waals surface area contributed by atoms with E-state index in [-0.39, 0.29) is 5.78 Å². The van der Waals surface area contributed by atoms with Crippen LogP contribution in [-0.2, 0) is 0 Å². The van der Waals surface area contributed by atoms with Crippen LogP contribution >= 0.6 is 0 Å². The van der Waals surface area contributed by atoms with Gasteiger partial charge in [-0.1, -0.05) is 6.92 Å². The summed E-state index contributed by atoms with van der Waals surface area (Å²) in [5.41, 5.74) is 0.0839. The number of likely N-dealkylation sites (N-methyl/N-ethyl adjacent to an activating group) is 1. The Morgan fingerprint density at radius 2 is 1.93 bits per heavy atom. The third-order valence-corrected chi connectivity index (χ3v) is 2.99. The lowest BCUT2D eigenvalue weighted by Crippen LogP contribution is -2.48. The second kappa shape index (κ2) is 4.49. The van der Waals surface area contributed by atoms with Crippen molar-refractivity contribution in [3.8, 4) is 0 Å². The van der Waals surface area contributed by atoms with E-state index in [1.165, 1.54) is 6.33 Å². The van der Waals surface area contributed by atoms with E-state index in [2.05, 4.69) is 9.97 Å². The normalized spacial score (nSPS) is 15.0. The molecule has 0 saturated carbocycles. The molecule has 1 aromatic heterocycles. The lowest BCUT2D eigenvalue weighted by atomic mass is 9.88. The molecule has 0 amide bonds. The lowest BCUT2D eigenvalue weighted by molar-refractivity contribution is 0.0709. The summed E-state index contributed by atoms with van der Waals surface area (Å²) < 4.78 is 0. The van der Waals surface area contributed by atoms with Gasteiger partial charge in [0.15, 0.2) is 5.78 Å². The molecular weight excluding hydrogens is 190 g/mol. The largest absolute Gasteiger partial charge is 0.297 e. The fourth-order valence-electron chi connectivity index (χ4n) is 1.41. The van der Waals surface area contributed by atoms with Crippen molar-refractivity contribution in [1.29, 1.82) is 0 Å². The first kappa shape index (κ1) is 11.8. The van der Waals surface area contributed by atoms with E-state index >= 15 is 0 Å². The average molecular weight is 207 g/mol. The molecule has 1 atom stereocenters. The summed E-state index contributed by atoms with van der Waals surface area (Å²) in [4.78, 5) is 21.9. The van der Waals surface area contributed by atoms with Gasteiger partial charge in [-0.25, -0.2) is 9.97 Å². The van der Waals surface area contributed by atoms with Gasteiger partial charge in [-0.15, -0.1) is 0 Å². The van der Waals surface area contributed by atoms with Crippen molar-refractivity contribution in [3.05, 3.63) is 24.3 Å². The Hall–Kier alpha value is -1.29. The molecule has 0 bridgehead atoms. The van der Waals surface area contributed by atoms with E-state index < -0.39 is 5.54 Å². The number of rotatable bonds is 4. The summed E-state index contributed by atoms with van der Waals surface area (Å²) in [5, 5.41) is 0. The maximum atomic E-state index is 12.2. The molecule has 4 heteroatoms. The van der Waals surface area contributed by atoms with Crippen LogP contribution < -0.4 is 0 Å². The van der Waals surface area contributed by atoms with Crippen LogP contribution in [0.1, 0.15) is 30.6 Å². The van der Waals surface area contributed by atoms with Gasteiger partial charge in [0, 0.05) is 12.4 Å². The molecule has 0 aliphatic rings. The molecule has 1 unspecified atom stereocenters. The summed E-state index contributed by atoms with van der Waals surface area (Å²) >= 11 is 0. The van der Waals surface area contributed by atoms with E-state index in [4.69, 9.17) is 0 Å². The fraction of sp³-hybridized carbons (Fsp3) is 0.545. The molecule has 0 fully saturated rings. The maximum Gasteiger partial charge on any atom is 0.185 e. The fourth-order valence-corrected chi connectivity index (χ4v) is 1.41. The predicted molar refractivity (Wildman–Crippen MR) is 58.7 cm³/mol. The third kappa shape index (κ3) is 2.21. The molecule has 0 saturated heterocycles. The SMILES string of the molecule is CCC(C)(C(=O)c1cncnc1)N(C)C. The van der Waals surface area contributed by atoms with Crippen LogP contribution in [0.15, 0.2) is 18.7 Å². The highest BCUT2D eigenvalue weighted by molar-refractivity contribution is 6.02. The molecule has 0 spiro atoms. The number of Topliss-reactive ketones (excluding diaryl/α,β-unsaturated/α-hetero) is 1. The second-order valence-corrected chi connectivity index (χ2v) is 3.98. The van der Waals surface area contributed by atoms with Crippen LogP contribution in [0.2, 0.25) is 0 Å². The number of hydrogen-bond acceptors (Lipinski definition) is 4. The molecule has 0 aliphatic carbocycles. The summed E-state index contributed by atoms with van der Waals surface area (Å²) in [7, 11) is 3.82. The van der Waals surface area contributed by atoms with Crippen molar-refractivity contribution in [2.24, 2.45) is 0 Å². The molecule has 1 heterocycles. The number of hydrogen-bond donors (Lipinski definition) is 0. The first-order chi connectivity index (χ1) is 7.02. The number of aromatic nitrogens is 2. The first-order valence-electron chi connectivity index (χ1n) is 4.99. The Kier molecular flexibility index (Phi) is 3.52. The zero-order chi connectivity index (χ0) is 11.5. The summed E-state index contributed by atoms with van der Waals surface area (Å²) in [6.45, 7) is 3.93. The molecule has 0 aliphatic heterocycles. The van der Waals surface area contributed by atoms with E-state index in [1.54, 1.807) is 12.4 Å². The lowest BCUT2D eigenvalue weighted by Gasteiger charge is -2.33. The molecule has 1 aromatic rings. The minimum atomic E-state index is -0.481. The standard InChI is InChI=1S/C11H17N3O/c1-5-11(2,14(3)4)10(15)9-6-12-8-13-7-9/h6-8H,5H2,1-4H3. The Morgan fingerprint density at radius 1 is 1.40 bits per heavy atom. The van der Waals surface area contributed by atoms with E-state index in [9.17, 15) is 4.79 Å². The number of carbonyl (C=O) groups excluding carboxylic acids is 1. The molecule has 0 N–H and O–H groups in total. The van der Waals surface area contributed by atoms with Gasteiger partial charge in [0.2, 0.25) is 0 Å². The van der Waals surface area contributed by atoms with Crippen LogP contribution in [0.25, 0.3) is 0 Å². The van der Waals surface area contributed by atoms with Gasteiger partial charge in [0.1, 0.15) is 6.33 Å². The summed E-state index contributed by atoms with van der Waals surface area (Å²) in [5.74, 6) is 0.0654. The van der Waals surface area contributed by atoms with Gasteiger partial charge >= 0.3 is 0 Å². The van der Waals surface area contributed by atoms with Crippen molar-refractivity contribution in [2.45, 2.75) is 25.8 Å². The van der Waals surface area contributed by atoms with Crippen LogP contribution in [-0.4, -0.2) is 40.3 Å². The highest BCUT2D eigenvalue weighted by Crippen LogP contribution is 2.21. The highest BCUT2D eigenvalue weighted by Gasteiger charge is 2.34. The van der Waals surface area contributed by atoms with Crippen LogP contribution in [0.5, 0.6) is 0 Å². The number of nitrogens with zero attached hydrogens (tertiary/aromatic N) is 3. The molecule has 0 aromatic carbocycles. The van der Waals surface area contributed by atoms with Crippen molar-refractivity contribution in [2.75, 3.05) is 14.1 Å². The van der Waals surface area contributed by atoms with Gasteiger partial charge in [-0.2, -0.15) is 0 Å². The second-order valence-electron chi connectivity index (χ2n) is 3.98. The minimum absolute atomic E-state index is 0.0654. The van der Waals surface area contributed by atoms with Gasteiger partial charge < -0.3 is 0 Å². The van der Waals surface area contributed by atoms with Crippen molar-refractivity contribution < 1.29 is 4.79 Å². The van der Waals surface area contributed by atoms with Crippen LogP contribution in [0.4, 0.5) is 0 Å². The van der Waals surface area contributed by atoms with Crippen LogP contribution in [0, 0.1) is 0 Å². The zero-order valence-electron chi connectivity index (χ0n) is 9.69. The molecule has 15 heavy (non-hydrogen) atoms. The number of carbonyl (C=O) groups is 1. The monoisotopic (exact) mass is 207 g/mol. The van der Waals surface area contributed by atoms with Crippen molar-refractivity contribution in [1.82, 2.24) is 14.9 Å². The maximum absolute atomic E-state index is 12.2. The zero-order valence-corrected chi connectivity index (χ0v) is 9.69. The van der Waals surface area contributed by atoms with Gasteiger partial charge in [-0.3, -0.25) is 9.69 Å². The quantitative estimate of drug-likeness (QED) is 0.700. The van der Waals surface area contributed by atoms with Gasteiger partial charge in [-0.05, 0) is 27.4 Å². The topological polar surface area (TPSA) is 46.1 Å². The van der Waals surface area contributed by atoms with Crippen molar-refractivity contribution >= 4 is 5.78 Å². The Labute approximate surface area is 90.3 Å². The number of ketones is 1. The first-order valence-corrected chi connectivity index (χ1v) is 4.99. The Morgan fingerprint density at radius 3 is 2.33 bits per heavy atom. The van der Waals surface area contributed by atoms with Gasteiger partial charge in [0.25, 0.3) is 0 Å². The van der Waals surface area contributed by atoms with E-state index in [1.807, 2.05) is 32.8 Å². The molecular formula is C11H17N3O. The summed E-state index contributed by atoms with van der Waals surface area (Å²) in [6, 6.07) is 0. The smallest absolute Gasteiger partial charge is 0.185 e. The highest BCUT2D eigenvalue weighted by atomic mass is 16.1. The minimum Gasteiger partial charge on any atom is -0.297 e. The average Bonchev–Trinajstić information content (AvgIpc) is 2.28. The van der Waals surface area contributed by atoms with E-state index in [0.29, 0.717) is 5.56 Å². The summed E-state index contributed by atoms with van der Waals surface area (Å²) in [6.07, 6.45) is 5.31. The Balaban J connectivity index is 3.03. The third-order valence-electron chi connectivity index (χ3n) is 2.99. The predicted octanol–water partition coefficient (Wildman–Crippen LogP) is 1.39. The molecule has 4 nitrogen and oxygen atoms in total. The van der Waals surface area contributed by atoms with E-state index in [0.717, 1.165) is 6.42 Å². The Bertz CT molecular complexity index is 337. The molecule has 0 radical (unpaired) electrons.